The summed E-state index contributed by atoms with van der Waals surface area (Å²) in [5, 5.41) is 11.1. The molecule has 1 saturated heterocycles. The molecule has 2 heterocycles. The maximum absolute atomic E-state index is 13.0. The zero-order chi connectivity index (χ0) is 18.8. The molecule has 1 aromatic heterocycles. The second-order valence-electron chi connectivity index (χ2n) is 5.68. The number of carbonyl (C=O) groups is 1. The highest BCUT2D eigenvalue weighted by Crippen LogP contribution is 2.44. The molecule has 1 aliphatic rings. The first kappa shape index (κ1) is 18.9. The van der Waals surface area contributed by atoms with Gasteiger partial charge in [0, 0.05) is 34.3 Å². The van der Waals surface area contributed by atoms with Crippen LogP contribution in [0.5, 0.6) is 0 Å². The van der Waals surface area contributed by atoms with Gasteiger partial charge in [-0.3, -0.25) is 4.79 Å². The van der Waals surface area contributed by atoms with Crippen molar-refractivity contribution in [3.05, 3.63) is 38.7 Å². The topological polar surface area (TPSA) is 79.3 Å². The molecule has 1 fully saturated rings. The molecule has 1 unspecified atom stereocenters. The summed E-state index contributed by atoms with van der Waals surface area (Å²) in [4.78, 5) is 14.1. The number of carbonyl (C=O) groups excluding carboxylic acids is 1. The van der Waals surface area contributed by atoms with Gasteiger partial charge in [-0.15, -0.1) is 11.3 Å². The number of primary amides is 1. The average Bonchev–Trinajstić information content (AvgIpc) is 3.01. The number of rotatable bonds is 4. The number of ether oxygens (including phenoxy) is 1. The van der Waals surface area contributed by atoms with Gasteiger partial charge in [-0.2, -0.15) is 5.26 Å². The Labute approximate surface area is 163 Å². The minimum Gasteiger partial charge on any atom is -0.372 e. The number of nitrogens with zero attached hydrogens (tertiary/aromatic N) is 2. The third-order valence-corrected chi connectivity index (χ3v) is 5.84. The van der Waals surface area contributed by atoms with Crippen LogP contribution in [0, 0.1) is 11.3 Å². The quantitative estimate of drug-likeness (QED) is 0.824. The van der Waals surface area contributed by atoms with Crippen molar-refractivity contribution >= 4 is 45.4 Å². The van der Waals surface area contributed by atoms with Gasteiger partial charge < -0.3 is 15.4 Å². The van der Waals surface area contributed by atoms with Crippen LogP contribution in [0.15, 0.2) is 18.2 Å². The van der Waals surface area contributed by atoms with E-state index in [9.17, 15) is 14.4 Å². The lowest BCUT2D eigenvalue weighted by molar-refractivity contribution is 0.0249. The average molecular weight is 414 g/mol. The Morgan fingerprint density at radius 3 is 2.88 bits per heavy atom. The van der Waals surface area contributed by atoms with Gasteiger partial charge in [-0.05, 0) is 12.1 Å². The van der Waals surface area contributed by atoms with Crippen molar-refractivity contribution in [1.82, 2.24) is 0 Å². The fraction of sp³-hybridized carbons (Fsp3) is 0.294. The maximum Gasteiger partial charge on any atom is 0.259 e. The molecule has 136 valence electrons. The highest BCUT2D eigenvalue weighted by molar-refractivity contribution is 7.18. The normalized spacial score (nSPS) is 17.2. The number of anilines is 1. The van der Waals surface area contributed by atoms with Crippen molar-refractivity contribution in [3.63, 3.8) is 0 Å². The Hall–Kier alpha value is -1.85. The third-order valence-electron chi connectivity index (χ3n) is 4.02. The van der Waals surface area contributed by atoms with E-state index in [4.69, 9.17) is 33.7 Å². The van der Waals surface area contributed by atoms with Gasteiger partial charge in [0.25, 0.3) is 5.91 Å². The minimum absolute atomic E-state index is 0.226. The van der Waals surface area contributed by atoms with Gasteiger partial charge in [-0.25, -0.2) is 4.39 Å². The minimum atomic E-state index is -0.658. The van der Waals surface area contributed by atoms with Crippen LogP contribution in [0.3, 0.4) is 0 Å². The number of alkyl halides is 1. The zero-order valence-corrected chi connectivity index (χ0v) is 15.8. The Morgan fingerprint density at radius 2 is 2.27 bits per heavy atom. The molecule has 0 spiro atoms. The Balaban J connectivity index is 2.17. The summed E-state index contributed by atoms with van der Waals surface area (Å²) in [6, 6.07) is 6.95. The maximum atomic E-state index is 13.0. The Kier molecular flexibility index (Phi) is 5.68. The Bertz CT molecular complexity index is 897. The van der Waals surface area contributed by atoms with Crippen LogP contribution < -0.4 is 10.6 Å². The van der Waals surface area contributed by atoms with Gasteiger partial charge in [0.05, 0.1) is 12.2 Å². The van der Waals surface area contributed by atoms with Crippen molar-refractivity contribution in [3.8, 4) is 17.2 Å². The number of hydrogen-bond acceptors (Lipinski definition) is 5. The standard InChI is InChI=1S/C17H14Cl2FN3O2S/c18-9-1-2-11(13(19)5-9)14-12(7-21)17(26-15(14)16(22)24)23-3-4-25-10(6-20)8-23/h1-2,5,10H,3-4,6,8H2,(H2,22,24). The smallest absolute Gasteiger partial charge is 0.259 e. The highest BCUT2D eigenvalue weighted by Gasteiger charge is 2.30. The van der Waals surface area contributed by atoms with E-state index in [2.05, 4.69) is 6.07 Å². The SMILES string of the molecule is N#Cc1c(N2CCOC(CF)C2)sc(C(N)=O)c1-c1ccc(Cl)cc1Cl. The van der Waals surface area contributed by atoms with Gasteiger partial charge in [0.1, 0.15) is 28.7 Å². The van der Waals surface area contributed by atoms with Crippen LogP contribution in [0.1, 0.15) is 15.2 Å². The molecule has 9 heteroatoms. The molecule has 2 aromatic rings. The number of nitrogens with two attached hydrogens (primary N) is 1. The molecule has 3 rings (SSSR count). The van der Waals surface area contributed by atoms with E-state index in [1.165, 1.54) is 6.07 Å². The van der Waals surface area contributed by atoms with Crippen molar-refractivity contribution in [1.29, 1.82) is 5.26 Å². The van der Waals surface area contributed by atoms with Crippen molar-refractivity contribution in [2.24, 2.45) is 5.73 Å². The van der Waals surface area contributed by atoms with E-state index in [0.717, 1.165) is 11.3 Å². The molecule has 0 radical (unpaired) electrons. The van der Waals surface area contributed by atoms with Crippen LogP contribution in [-0.2, 0) is 4.74 Å². The summed E-state index contributed by atoms with van der Waals surface area (Å²) in [5.74, 6) is -0.658. The van der Waals surface area contributed by atoms with E-state index >= 15 is 0 Å². The van der Waals surface area contributed by atoms with Crippen LogP contribution in [0.25, 0.3) is 11.1 Å². The molecule has 0 bridgehead atoms. The van der Waals surface area contributed by atoms with E-state index in [0.29, 0.717) is 39.3 Å². The lowest BCUT2D eigenvalue weighted by Crippen LogP contribution is -2.43. The second-order valence-corrected chi connectivity index (χ2v) is 7.52. The number of thiophene rings is 1. The number of halogens is 3. The summed E-state index contributed by atoms with van der Waals surface area (Å²) < 4.78 is 18.3. The van der Waals surface area contributed by atoms with Gasteiger partial charge >= 0.3 is 0 Å². The van der Waals surface area contributed by atoms with Crippen molar-refractivity contribution in [2.75, 3.05) is 31.3 Å². The molecule has 0 aliphatic carbocycles. The number of hydrogen-bond donors (Lipinski definition) is 1. The van der Waals surface area contributed by atoms with E-state index in [-0.39, 0.29) is 17.0 Å². The molecule has 2 N–H and O–H groups in total. The predicted octanol–water partition coefficient (Wildman–Crippen LogP) is 3.87. The predicted molar refractivity (Wildman–Crippen MR) is 101 cm³/mol. The first-order valence-corrected chi connectivity index (χ1v) is 9.28. The Morgan fingerprint density at radius 1 is 1.50 bits per heavy atom. The molecular formula is C17H14Cl2FN3O2S. The van der Waals surface area contributed by atoms with E-state index in [1.54, 1.807) is 12.1 Å². The second kappa shape index (κ2) is 7.80. The first-order valence-electron chi connectivity index (χ1n) is 7.70. The first-order chi connectivity index (χ1) is 12.5. The van der Waals surface area contributed by atoms with Gasteiger partial charge in [0.15, 0.2) is 0 Å². The van der Waals surface area contributed by atoms with Gasteiger partial charge in [0.2, 0.25) is 0 Å². The van der Waals surface area contributed by atoms with Crippen LogP contribution >= 0.6 is 34.5 Å². The molecule has 1 atom stereocenters. The van der Waals surface area contributed by atoms with Crippen molar-refractivity contribution in [2.45, 2.75) is 6.10 Å². The molecular weight excluding hydrogens is 400 g/mol. The highest BCUT2D eigenvalue weighted by atomic mass is 35.5. The largest absolute Gasteiger partial charge is 0.372 e. The summed E-state index contributed by atoms with van der Waals surface area (Å²) in [6.45, 7) is 0.484. The monoisotopic (exact) mass is 413 g/mol. The number of nitriles is 1. The van der Waals surface area contributed by atoms with E-state index in [1.807, 2.05) is 4.90 Å². The number of amides is 1. The van der Waals surface area contributed by atoms with Crippen LogP contribution in [-0.4, -0.2) is 38.4 Å². The summed E-state index contributed by atoms with van der Waals surface area (Å²) in [7, 11) is 0. The lowest BCUT2D eigenvalue weighted by atomic mass is 10.0. The lowest BCUT2D eigenvalue weighted by Gasteiger charge is -2.32. The van der Waals surface area contributed by atoms with Gasteiger partial charge in [-0.1, -0.05) is 29.3 Å². The summed E-state index contributed by atoms with van der Waals surface area (Å²) >= 11 is 13.3. The van der Waals surface area contributed by atoms with Crippen LogP contribution in [0.2, 0.25) is 10.0 Å². The summed E-state index contributed by atoms with van der Waals surface area (Å²) in [6.07, 6.45) is -0.572. The zero-order valence-electron chi connectivity index (χ0n) is 13.5. The number of morpholine rings is 1. The molecule has 26 heavy (non-hydrogen) atoms. The van der Waals surface area contributed by atoms with Crippen molar-refractivity contribution < 1.29 is 13.9 Å². The number of benzene rings is 1. The molecule has 1 amide bonds. The molecule has 1 aliphatic heterocycles. The molecule has 5 nitrogen and oxygen atoms in total. The fourth-order valence-electron chi connectivity index (χ4n) is 2.87. The molecule has 0 saturated carbocycles. The van der Waals surface area contributed by atoms with Crippen LogP contribution in [0.4, 0.5) is 9.39 Å². The van der Waals surface area contributed by atoms with E-state index < -0.39 is 18.7 Å². The fourth-order valence-corrected chi connectivity index (χ4v) is 4.52. The summed E-state index contributed by atoms with van der Waals surface area (Å²) in [5.41, 5.74) is 6.71. The third kappa shape index (κ3) is 3.51. The molecule has 1 aromatic carbocycles.